The first-order valence-corrected chi connectivity index (χ1v) is 6.95. The molecule has 2 heterocycles. The Hall–Kier alpha value is -2.46. The summed E-state index contributed by atoms with van der Waals surface area (Å²) in [5, 5.41) is 17.6. The van der Waals surface area contributed by atoms with Gasteiger partial charge in [0.2, 0.25) is 0 Å². The van der Waals surface area contributed by atoms with E-state index in [2.05, 4.69) is 26.3 Å². The summed E-state index contributed by atoms with van der Waals surface area (Å²) in [6, 6.07) is 12.1. The van der Waals surface area contributed by atoms with E-state index in [4.69, 9.17) is 5.26 Å². The van der Waals surface area contributed by atoms with Gasteiger partial charge in [-0.25, -0.2) is 14.6 Å². The first-order valence-electron chi connectivity index (χ1n) is 5.96. The van der Waals surface area contributed by atoms with Crippen molar-refractivity contribution in [1.29, 1.82) is 5.26 Å². The van der Waals surface area contributed by atoms with Crippen molar-refractivity contribution in [2.24, 2.45) is 0 Å². The summed E-state index contributed by atoms with van der Waals surface area (Å²) < 4.78 is 1.74. The highest BCUT2D eigenvalue weighted by atomic mass is 32.2. The number of thioether (sulfide) groups is 1. The molecule has 0 aliphatic rings. The minimum Gasteiger partial charge on any atom is -0.227 e. The lowest BCUT2D eigenvalue weighted by atomic mass is 10.2. The second-order valence-corrected chi connectivity index (χ2v) is 4.99. The summed E-state index contributed by atoms with van der Waals surface area (Å²) in [5.74, 6) is 0.331. The highest BCUT2D eigenvalue weighted by Crippen LogP contribution is 2.22. The first-order chi connectivity index (χ1) is 9.88. The topological polar surface area (TPSA) is 80.3 Å². The maximum absolute atomic E-state index is 8.64. The molecule has 0 N–H and O–H groups in total. The Morgan fingerprint density at radius 3 is 2.85 bits per heavy atom. The lowest BCUT2D eigenvalue weighted by molar-refractivity contribution is 0.664. The lowest BCUT2D eigenvalue weighted by Crippen LogP contribution is -2.02. The Morgan fingerprint density at radius 1 is 1.20 bits per heavy atom. The minimum atomic E-state index is 0.331. The molecular weight excluding hydrogens is 272 g/mol. The van der Waals surface area contributed by atoms with Crippen molar-refractivity contribution >= 4 is 22.9 Å². The third-order valence-electron chi connectivity index (χ3n) is 2.72. The second kappa shape index (κ2) is 5.67. The molecule has 0 fully saturated rings. The maximum atomic E-state index is 8.64. The molecular formula is C13H10N6S. The number of nitrogens with zero attached hydrogens (tertiary/aromatic N) is 6. The molecule has 0 radical (unpaired) electrons. The quantitative estimate of drug-likeness (QED) is 0.537. The summed E-state index contributed by atoms with van der Waals surface area (Å²) in [5.41, 5.74) is 2.46. The Labute approximate surface area is 119 Å². The molecule has 98 valence electrons. The lowest BCUT2D eigenvalue weighted by Gasteiger charge is -2.02. The average Bonchev–Trinajstić information content (AvgIpc) is 2.90. The normalized spacial score (nSPS) is 10.6. The molecule has 7 heteroatoms. The fourth-order valence-corrected chi connectivity index (χ4v) is 2.43. The van der Waals surface area contributed by atoms with Gasteiger partial charge in [0.15, 0.2) is 11.2 Å². The number of fused-ring (bicyclic) bond motifs is 1. The first kappa shape index (κ1) is 12.6. The van der Waals surface area contributed by atoms with Crippen molar-refractivity contribution < 1.29 is 0 Å². The Bertz CT molecular complexity index is 761. The van der Waals surface area contributed by atoms with E-state index in [-0.39, 0.29) is 0 Å². The van der Waals surface area contributed by atoms with Crippen molar-refractivity contribution in [2.45, 2.75) is 11.6 Å². The van der Waals surface area contributed by atoms with Crippen LogP contribution in [0.5, 0.6) is 0 Å². The monoisotopic (exact) mass is 282 g/mol. The largest absolute Gasteiger partial charge is 0.227 e. The third kappa shape index (κ3) is 2.46. The zero-order valence-corrected chi connectivity index (χ0v) is 11.3. The molecule has 1 aromatic carbocycles. The predicted molar refractivity (Wildman–Crippen MR) is 75.0 cm³/mol. The number of rotatable bonds is 4. The fraction of sp³-hybridized carbons (Fsp3) is 0.154. The third-order valence-corrected chi connectivity index (χ3v) is 3.56. The zero-order valence-electron chi connectivity index (χ0n) is 10.5. The molecule has 6 nitrogen and oxygen atoms in total. The zero-order chi connectivity index (χ0) is 13.8. The highest BCUT2D eigenvalue weighted by Gasteiger charge is 2.12. The van der Waals surface area contributed by atoms with Gasteiger partial charge in [0.1, 0.15) is 11.4 Å². The van der Waals surface area contributed by atoms with Crippen LogP contribution in [-0.4, -0.2) is 30.7 Å². The van der Waals surface area contributed by atoms with Crippen molar-refractivity contribution in [3.05, 3.63) is 42.2 Å². The molecule has 2 aromatic heterocycles. The molecule has 20 heavy (non-hydrogen) atoms. The van der Waals surface area contributed by atoms with Gasteiger partial charge < -0.3 is 0 Å². The van der Waals surface area contributed by atoms with Crippen LogP contribution in [0.1, 0.15) is 5.56 Å². The summed E-state index contributed by atoms with van der Waals surface area (Å²) in [6.45, 7) is 0.608. The number of benzene rings is 1. The summed E-state index contributed by atoms with van der Waals surface area (Å²) in [6.07, 6.45) is 1.48. The van der Waals surface area contributed by atoms with Gasteiger partial charge in [-0.3, -0.25) is 0 Å². The van der Waals surface area contributed by atoms with Gasteiger partial charge in [0.05, 0.1) is 18.4 Å². The van der Waals surface area contributed by atoms with Crippen LogP contribution >= 0.6 is 11.8 Å². The van der Waals surface area contributed by atoms with Crippen LogP contribution in [0.25, 0.3) is 11.2 Å². The minimum absolute atomic E-state index is 0.331. The van der Waals surface area contributed by atoms with Gasteiger partial charge in [-0.05, 0) is 5.56 Å². The van der Waals surface area contributed by atoms with Crippen LogP contribution < -0.4 is 0 Å². The molecule has 0 spiro atoms. The molecule has 3 rings (SSSR count). The maximum Gasteiger partial charge on any atom is 0.183 e. The molecule has 0 bridgehead atoms. The van der Waals surface area contributed by atoms with Crippen molar-refractivity contribution in [3.8, 4) is 6.07 Å². The Morgan fingerprint density at radius 2 is 2.05 bits per heavy atom. The summed E-state index contributed by atoms with van der Waals surface area (Å²) in [4.78, 5) is 8.39. The summed E-state index contributed by atoms with van der Waals surface area (Å²) >= 11 is 1.34. The van der Waals surface area contributed by atoms with Gasteiger partial charge in [-0.2, -0.15) is 5.26 Å². The SMILES string of the molecule is N#CCSc1ncnc2c1nnn2Cc1ccccc1. The molecule has 3 aromatic rings. The number of hydrogen-bond donors (Lipinski definition) is 0. The molecule has 0 unspecified atom stereocenters. The van der Waals surface area contributed by atoms with Crippen LogP contribution in [0, 0.1) is 11.3 Å². The smallest absolute Gasteiger partial charge is 0.183 e. The molecule has 0 aliphatic carbocycles. The Kier molecular flexibility index (Phi) is 3.56. The van der Waals surface area contributed by atoms with Crippen molar-refractivity contribution in [2.75, 3.05) is 5.75 Å². The highest BCUT2D eigenvalue weighted by molar-refractivity contribution is 7.99. The predicted octanol–water partition coefficient (Wildman–Crippen LogP) is 1.89. The van der Waals surface area contributed by atoms with Crippen molar-refractivity contribution in [1.82, 2.24) is 25.0 Å². The van der Waals surface area contributed by atoms with Gasteiger partial charge >= 0.3 is 0 Å². The van der Waals surface area contributed by atoms with Crippen LogP contribution in [-0.2, 0) is 6.54 Å². The van der Waals surface area contributed by atoms with Crippen LogP contribution in [0.15, 0.2) is 41.7 Å². The van der Waals surface area contributed by atoms with Gasteiger partial charge in [-0.15, -0.1) is 5.10 Å². The van der Waals surface area contributed by atoms with Crippen LogP contribution in [0.3, 0.4) is 0 Å². The van der Waals surface area contributed by atoms with E-state index in [1.54, 1.807) is 4.68 Å². The molecule has 0 saturated carbocycles. The van der Waals surface area contributed by atoms with Gasteiger partial charge in [-0.1, -0.05) is 47.3 Å². The molecule has 0 aliphatic heterocycles. The van der Waals surface area contributed by atoms with E-state index in [1.807, 2.05) is 30.3 Å². The van der Waals surface area contributed by atoms with E-state index >= 15 is 0 Å². The number of hydrogen-bond acceptors (Lipinski definition) is 6. The number of nitriles is 1. The summed E-state index contributed by atoms with van der Waals surface area (Å²) in [7, 11) is 0. The average molecular weight is 282 g/mol. The fourth-order valence-electron chi connectivity index (χ4n) is 1.84. The second-order valence-electron chi connectivity index (χ2n) is 4.03. The molecule has 0 saturated heterocycles. The van der Waals surface area contributed by atoms with E-state index in [0.717, 1.165) is 5.56 Å². The van der Waals surface area contributed by atoms with Gasteiger partial charge in [0.25, 0.3) is 0 Å². The Balaban J connectivity index is 1.96. The van der Waals surface area contributed by atoms with E-state index in [9.17, 15) is 0 Å². The molecule has 0 amide bonds. The molecule has 0 atom stereocenters. The van der Waals surface area contributed by atoms with Crippen LogP contribution in [0.2, 0.25) is 0 Å². The van der Waals surface area contributed by atoms with E-state index in [0.29, 0.717) is 28.5 Å². The number of aromatic nitrogens is 5. The van der Waals surface area contributed by atoms with Crippen LogP contribution in [0.4, 0.5) is 0 Å². The van der Waals surface area contributed by atoms with Gasteiger partial charge in [0, 0.05) is 0 Å². The van der Waals surface area contributed by atoms with E-state index < -0.39 is 0 Å². The van der Waals surface area contributed by atoms with E-state index in [1.165, 1.54) is 18.1 Å². The van der Waals surface area contributed by atoms with Crippen molar-refractivity contribution in [3.63, 3.8) is 0 Å². The standard InChI is InChI=1S/C13H10N6S/c14-6-7-20-13-11-12(15-9-16-13)19(18-17-11)8-10-4-2-1-3-5-10/h1-5,9H,7-8H2.